The number of hydrogen-bond acceptors (Lipinski definition) is 3. The molecule has 0 radical (unpaired) electrons. The summed E-state index contributed by atoms with van der Waals surface area (Å²) in [4.78, 5) is 12.0. The van der Waals surface area contributed by atoms with Crippen LogP contribution in [0, 0.1) is 5.92 Å². The first-order valence-corrected chi connectivity index (χ1v) is 9.46. The molecule has 2 rings (SSSR count). The van der Waals surface area contributed by atoms with Crippen molar-refractivity contribution in [2.45, 2.75) is 51.1 Å². The molecule has 0 aliphatic heterocycles. The lowest BCUT2D eigenvalue weighted by atomic mass is 9.82. The van der Waals surface area contributed by atoms with Crippen LogP contribution < -0.4 is 0 Å². The van der Waals surface area contributed by atoms with E-state index in [1.54, 1.807) is 0 Å². The number of Topliss-reactive ketones (excluding diaryl/α,β-unsaturated/α-hetero) is 1. The van der Waals surface area contributed by atoms with Crippen molar-refractivity contribution in [1.29, 1.82) is 0 Å². The van der Waals surface area contributed by atoms with Crippen molar-refractivity contribution in [1.82, 2.24) is 0 Å². The van der Waals surface area contributed by atoms with Crippen molar-refractivity contribution < 1.29 is 15.0 Å². The maximum Gasteiger partial charge on any atom is 0.155 e. The molecule has 90 valence electrons. The van der Waals surface area contributed by atoms with E-state index in [9.17, 15) is 15.0 Å². The zero-order valence-corrected chi connectivity index (χ0v) is 11.2. The second-order valence-electron chi connectivity index (χ2n) is 5.99. The Balaban J connectivity index is 2.48. The Morgan fingerprint density at radius 2 is 1.81 bits per heavy atom. The van der Waals surface area contributed by atoms with Gasteiger partial charge in [-0.1, -0.05) is 19.6 Å². The summed E-state index contributed by atoms with van der Waals surface area (Å²) in [6, 6.07) is 0. The standard InChI is InChI=1S/C12H20O3Si/c1-16(2,3)12-9(14)6-7-4-5-8(13)11(15)10(7)12/h7-8,11,13,15H,4-6H2,1-3H3/t7-,8+,11-/m1/s1. The van der Waals surface area contributed by atoms with E-state index in [0.717, 1.165) is 17.2 Å². The number of carbonyl (C=O) groups excluding carboxylic acids is 1. The summed E-state index contributed by atoms with van der Waals surface area (Å²) in [7, 11) is -1.71. The van der Waals surface area contributed by atoms with Crippen LogP contribution in [0.2, 0.25) is 19.6 Å². The average Bonchev–Trinajstić information content (AvgIpc) is 2.48. The fraction of sp³-hybridized carbons (Fsp3) is 0.750. The Hall–Kier alpha value is -0.453. The molecule has 0 saturated heterocycles. The number of ketones is 1. The van der Waals surface area contributed by atoms with Gasteiger partial charge in [-0.3, -0.25) is 4.79 Å². The summed E-state index contributed by atoms with van der Waals surface area (Å²) < 4.78 is 0. The highest BCUT2D eigenvalue weighted by Crippen LogP contribution is 2.43. The van der Waals surface area contributed by atoms with Gasteiger partial charge in [0.25, 0.3) is 0 Å². The first-order valence-electron chi connectivity index (χ1n) is 5.96. The molecule has 0 spiro atoms. The molecule has 2 aliphatic carbocycles. The van der Waals surface area contributed by atoms with Crippen molar-refractivity contribution in [2.75, 3.05) is 0 Å². The highest BCUT2D eigenvalue weighted by atomic mass is 28.3. The molecule has 0 heterocycles. The quantitative estimate of drug-likeness (QED) is 0.679. The monoisotopic (exact) mass is 240 g/mol. The van der Waals surface area contributed by atoms with Crippen LogP contribution in [0.4, 0.5) is 0 Å². The van der Waals surface area contributed by atoms with Gasteiger partial charge in [-0.2, -0.15) is 0 Å². The number of allylic oxidation sites excluding steroid dienone is 1. The van der Waals surface area contributed by atoms with Crippen LogP contribution in [0.3, 0.4) is 0 Å². The number of aliphatic hydroxyl groups is 2. The van der Waals surface area contributed by atoms with Gasteiger partial charge in [-0.25, -0.2) is 0 Å². The topological polar surface area (TPSA) is 57.5 Å². The Morgan fingerprint density at radius 1 is 1.19 bits per heavy atom. The highest BCUT2D eigenvalue weighted by Gasteiger charge is 2.44. The second-order valence-corrected chi connectivity index (χ2v) is 11.0. The summed E-state index contributed by atoms with van der Waals surface area (Å²) in [5, 5.41) is 20.7. The van der Waals surface area contributed by atoms with Crippen LogP contribution in [-0.2, 0) is 4.79 Å². The zero-order valence-electron chi connectivity index (χ0n) is 10.2. The normalized spacial score (nSPS) is 35.6. The largest absolute Gasteiger partial charge is 0.390 e. The lowest BCUT2D eigenvalue weighted by molar-refractivity contribution is -0.115. The van der Waals surface area contributed by atoms with E-state index in [4.69, 9.17) is 0 Å². The summed E-state index contributed by atoms with van der Waals surface area (Å²) in [6.45, 7) is 6.38. The predicted octanol–water partition coefficient (Wildman–Crippen LogP) is 1.26. The van der Waals surface area contributed by atoms with Gasteiger partial charge in [-0.05, 0) is 29.5 Å². The van der Waals surface area contributed by atoms with Crippen LogP contribution in [0.5, 0.6) is 0 Å². The van der Waals surface area contributed by atoms with Crippen LogP contribution in [0.15, 0.2) is 10.8 Å². The van der Waals surface area contributed by atoms with Crippen molar-refractivity contribution in [3.05, 3.63) is 10.8 Å². The molecule has 0 aromatic rings. The van der Waals surface area contributed by atoms with Crippen molar-refractivity contribution in [3.8, 4) is 0 Å². The minimum atomic E-state index is -1.71. The number of carbonyl (C=O) groups is 1. The van der Waals surface area contributed by atoms with E-state index in [0.29, 0.717) is 12.8 Å². The number of hydrogen-bond donors (Lipinski definition) is 2. The Kier molecular flexibility index (Phi) is 2.84. The lowest BCUT2D eigenvalue weighted by Gasteiger charge is -2.32. The molecule has 0 amide bonds. The minimum Gasteiger partial charge on any atom is -0.390 e. The number of rotatable bonds is 1. The van der Waals surface area contributed by atoms with Gasteiger partial charge in [0, 0.05) is 6.42 Å². The van der Waals surface area contributed by atoms with Gasteiger partial charge < -0.3 is 10.2 Å². The van der Waals surface area contributed by atoms with Crippen LogP contribution >= 0.6 is 0 Å². The van der Waals surface area contributed by atoms with Gasteiger partial charge in [0.1, 0.15) is 6.10 Å². The molecule has 2 aliphatic rings. The van der Waals surface area contributed by atoms with E-state index in [2.05, 4.69) is 19.6 Å². The molecule has 4 heteroatoms. The second kappa shape index (κ2) is 3.79. The van der Waals surface area contributed by atoms with Gasteiger partial charge >= 0.3 is 0 Å². The molecule has 16 heavy (non-hydrogen) atoms. The highest BCUT2D eigenvalue weighted by molar-refractivity contribution is 6.87. The molecule has 0 aromatic heterocycles. The summed E-state index contributed by atoms with van der Waals surface area (Å²) in [5.74, 6) is 0.417. The maximum atomic E-state index is 12.0. The van der Waals surface area contributed by atoms with E-state index in [1.807, 2.05) is 0 Å². The van der Waals surface area contributed by atoms with E-state index in [-0.39, 0.29) is 11.7 Å². The molecule has 0 unspecified atom stereocenters. The predicted molar refractivity (Wildman–Crippen MR) is 64.7 cm³/mol. The maximum absolute atomic E-state index is 12.0. The van der Waals surface area contributed by atoms with Crippen molar-refractivity contribution in [2.24, 2.45) is 5.92 Å². The third-order valence-corrected chi connectivity index (χ3v) is 5.75. The lowest BCUT2D eigenvalue weighted by Crippen LogP contribution is -2.38. The number of aliphatic hydroxyl groups excluding tert-OH is 2. The first-order chi connectivity index (χ1) is 7.32. The van der Waals surface area contributed by atoms with Crippen molar-refractivity contribution >= 4 is 13.9 Å². The number of fused-ring (bicyclic) bond motifs is 1. The minimum absolute atomic E-state index is 0.202. The molecule has 1 saturated carbocycles. The third kappa shape index (κ3) is 1.79. The summed E-state index contributed by atoms with van der Waals surface area (Å²) in [6.07, 6.45) is 0.531. The molecular weight excluding hydrogens is 220 g/mol. The summed E-state index contributed by atoms with van der Waals surface area (Å²) in [5.41, 5.74) is 0.878. The average molecular weight is 240 g/mol. The summed E-state index contributed by atoms with van der Waals surface area (Å²) >= 11 is 0. The molecular formula is C12H20O3Si. The molecule has 2 N–H and O–H groups in total. The van der Waals surface area contributed by atoms with Crippen LogP contribution in [0.25, 0.3) is 0 Å². The fourth-order valence-electron chi connectivity index (χ4n) is 3.04. The van der Waals surface area contributed by atoms with E-state index in [1.165, 1.54) is 0 Å². The van der Waals surface area contributed by atoms with Gasteiger partial charge in [0.05, 0.1) is 14.2 Å². The van der Waals surface area contributed by atoms with Gasteiger partial charge in [-0.15, -0.1) is 0 Å². The van der Waals surface area contributed by atoms with Crippen molar-refractivity contribution in [3.63, 3.8) is 0 Å². The SMILES string of the molecule is C[Si](C)(C)C1=C2[C@H](CC[C@H](O)[C@H]2O)CC1=O. The first kappa shape index (κ1) is 12.0. The smallest absolute Gasteiger partial charge is 0.155 e. The van der Waals surface area contributed by atoms with E-state index >= 15 is 0 Å². The molecule has 3 nitrogen and oxygen atoms in total. The van der Waals surface area contributed by atoms with Crippen LogP contribution in [-0.4, -0.2) is 36.3 Å². The molecule has 0 bridgehead atoms. The third-order valence-electron chi connectivity index (χ3n) is 3.68. The van der Waals surface area contributed by atoms with Gasteiger partial charge in [0.15, 0.2) is 5.78 Å². The van der Waals surface area contributed by atoms with E-state index < -0.39 is 20.3 Å². The fourth-order valence-corrected chi connectivity index (χ4v) is 5.19. The Morgan fingerprint density at radius 3 is 2.38 bits per heavy atom. The van der Waals surface area contributed by atoms with Gasteiger partial charge in [0.2, 0.25) is 0 Å². The zero-order chi connectivity index (χ0) is 12.1. The Labute approximate surface area is 97.2 Å². The molecule has 1 fully saturated rings. The molecule has 3 atom stereocenters. The van der Waals surface area contributed by atoms with Crippen LogP contribution in [0.1, 0.15) is 19.3 Å². The molecule has 0 aromatic carbocycles. The Bertz CT molecular complexity index is 354.